The summed E-state index contributed by atoms with van der Waals surface area (Å²) in [5.41, 5.74) is 2.06. The van der Waals surface area contributed by atoms with Gasteiger partial charge in [0.15, 0.2) is 5.43 Å². The Balaban J connectivity index is 1.92. The third kappa shape index (κ3) is 3.14. The number of aliphatic hydroxyl groups is 1. The van der Waals surface area contributed by atoms with Gasteiger partial charge in [0.2, 0.25) is 0 Å². The largest absolute Gasteiger partial charge is 0.508 e. The summed E-state index contributed by atoms with van der Waals surface area (Å²) in [4.78, 5) is 13.2. The summed E-state index contributed by atoms with van der Waals surface area (Å²) in [6.45, 7) is 7.56. The van der Waals surface area contributed by atoms with E-state index in [1.165, 1.54) is 17.7 Å². The Morgan fingerprint density at radius 3 is 2.75 bits per heavy atom. The number of hydrogen-bond acceptors (Lipinski definition) is 5. The highest BCUT2D eigenvalue weighted by Crippen LogP contribution is 2.46. The molecule has 2 unspecified atom stereocenters. The van der Waals surface area contributed by atoms with Crippen molar-refractivity contribution >= 4 is 16.5 Å². The Bertz CT molecular complexity index is 1060. The summed E-state index contributed by atoms with van der Waals surface area (Å²) < 4.78 is 12.4. The Labute approximate surface area is 163 Å². The van der Waals surface area contributed by atoms with Gasteiger partial charge in [-0.05, 0) is 65.2 Å². The molecule has 0 bridgehead atoms. The summed E-state index contributed by atoms with van der Waals surface area (Å²) in [6, 6.07) is 4.60. The number of hydrogen-bond donors (Lipinski definition) is 2. The van der Waals surface area contributed by atoms with Gasteiger partial charge in [0.25, 0.3) is 0 Å². The van der Waals surface area contributed by atoms with E-state index < -0.39 is 5.60 Å². The van der Waals surface area contributed by atoms with Gasteiger partial charge >= 0.3 is 0 Å². The molecule has 0 amide bonds. The first-order valence-electron chi connectivity index (χ1n) is 9.69. The molecule has 1 saturated heterocycles. The first-order chi connectivity index (χ1) is 13.1. The van der Waals surface area contributed by atoms with E-state index in [1.54, 1.807) is 19.9 Å². The predicted octanol–water partition coefficient (Wildman–Crippen LogP) is 4.30. The lowest BCUT2D eigenvalue weighted by atomic mass is 9.82. The van der Waals surface area contributed by atoms with E-state index in [-0.39, 0.29) is 23.2 Å². The summed E-state index contributed by atoms with van der Waals surface area (Å²) in [7, 11) is 0. The van der Waals surface area contributed by atoms with Crippen molar-refractivity contribution in [3.63, 3.8) is 0 Å². The van der Waals surface area contributed by atoms with Crippen molar-refractivity contribution in [3.8, 4) is 5.75 Å². The topological polar surface area (TPSA) is 79.9 Å². The van der Waals surface area contributed by atoms with Crippen LogP contribution in [-0.2, 0) is 11.2 Å². The van der Waals surface area contributed by atoms with Gasteiger partial charge in [0, 0.05) is 17.1 Å². The lowest BCUT2D eigenvalue weighted by Gasteiger charge is -2.25. The van der Waals surface area contributed by atoms with Crippen molar-refractivity contribution in [3.05, 3.63) is 57.2 Å². The van der Waals surface area contributed by atoms with Gasteiger partial charge in [-0.1, -0.05) is 11.6 Å². The van der Waals surface area contributed by atoms with Gasteiger partial charge in [-0.3, -0.25) is 4.79 Å². The first kappa shape index (κ1) is 18.8. The summed E-state index contributed by atoms with van der Waals surface area (Å²) in [5, 5.41) is 20.6. The highest BCUT2D eigenvalue weighted by Gasteiger charge is 2.44. The number of phenols is 1. The average molecular weight is 382 g/mol. The summed E-state index contributed by atoms with van der Waals surface area (Å²) >= 11 is 0. The van der Waals surface area contributed by atoms with E-state index in [0.717, 1.165) is 11.3 Å². The maximum atomic E-state index is 13.2. The van der Waals surface area contributed by atoms with Crippen molar-refractivity contribution in [1.29, 1.82) is 0 Å². The van der Waals surface area contributed by atoms with Crippen LogP contribution < -0.4 is 5.43 Å². The van der Waals surface area contributed by atoms with Crippen LogP contribution in [0.1, 0.15) is 51.9 Å². The van der Waals surface area contributed by atoms with Crippen molar-refractivity contribution in [2.45, 2.75) is 58.7 Å². The van der Waals surface area contributed by atoms with E-state index in [9.17, 15) is 15.0 Å². The van der Waals surface area contributed by atoms with Crippen LogP contribution >= 0.6 is 0 Å². The molecule has 5 heteroatoms. The monoisotopic (exact) mass is 382 g/mol. The molecule has 148 valence electrons. The third-order valence-electron chi connectivity index (χ3n) is 5.63. The average Bonchev–Trinajstić information content (AvgIpc) is 3.04. The van der Waals surface area contributed by atoms with Crippen LogP contribution in [-0.4, -0.2) is 21.9 Å². The number of allylic oxidation sites excluding steroid dienone is 4. The highest BCUT2D eigenvalue weighted by atomic mass is 16.5. The fourth-order valence-electron chi connectivity index (χ4n) is 4.10. The van der Waals surface area contributed by atoms with E-state index in [1.807, 2.05) is 13.8 Å². The summed E-state index contributed by atoms with van der Waals surface area (Å²) in [5.74, 6) is 1.49. The lowest BCUT2D eigenvalue weighted by Crippen LogP contribution is -2.35. The molecule has 1 fully saturated rings. The highest BCUT2D eigenvalue weighted by molar-refractivity contribution is 5.82. The molecule has 28 heavy (non-hydrogen) atoms. The van der Waals surface area contributed by atoms with Crippen LogP contribution in [0.3, 0.4) is 0 Å². The Hall–Kier alpha value is -2.53. The fourth-order valence-corrected chi connectivity index (χ4v) is 4.10. The van der Waals surface area contributed by atoms with Crippen LogP contribution in [0.25, 0.3) is 16.5 Å². The lowest BCUT2D eigenvalue weighted by molar-refractivity contribution is -0.0444. The van der Waals surface area contributed by atoms with E-state index in [2.05, 4.69) is 6.08 Å². The van der Waals surface area contributed by atoms with Crippen molar-refractivity contribution in [2.24, 2.45) is 5.92 Å². The fraction of sp³-hybridized carbons (Fsp3) is 0.435. The molecule has 2 aliphatic rings. The number of ether oxygens (including phenoxy) is 1. The molecule has 1 aromatic heterocycles. The minimum Gasteiger partial charge on any atom is -0.508 e. The Morgan fingerprint density at radius 1 is 1.32 bits per heavy atom. The van der Waals surface area contributed by atoms with E-state index >= 15 is 0 Å². The van der Waals surface area contributed by atoms with Crippen LogP contribution in [0.4, 0.5) is 0 Å². The van der Waals surface area contributed by atoms with Gasteiger partial charge in [0.05, 0.1) is 11.0 Å². The standard InChI is InChI=1S/C23H26O5/c1-12(2)5-7-15-21-13(10-19(28-21)23(3,4)26)9-17-20(25)16-11-14(24)6-8-18(16)27-22(15)17/h5-6,8,11,13,19,24,26H,7,9-10H2,1-4H3. The smallest absolute Gasteiger partial charge is 0.196 e. The van der Waals surface area contributed by atoms with E-state index in [0.29, 0.717) is 41.6 Å². The minimum atomic E-state index is -0.966. The van der Waals surface area contributed by atoms with Crippen LogP contribution in [0.15, 0.2) is 44.8 Å². The van der Waals surface area contributed by atoms with Gasteiger partial charge in [0.1, 0.15) is 29.0 Å². The molecule has 1 aromatic carbocycles. The minimum absolute atomic E-state index is 0.0437. The van der Waals surface area contributed by atoms with Gasteiger partial charge in [-0.15, -0.1) is 0 Å². The second kappa shape index (κ2) is 6.52. The Kier molecular flexibility index (Phi) is 4.38. The van der Waals surface area contributed by atoms with Crippen LogP contribution in [0.2, 0.25) is 0 Å². The van der Waals surface area contributed by atoms with Crippen molar-refractivity contribution in [2.75, 3.05) is 0 Å². The second-order valence-electron chi connectivity index (χ2n) is 8.64. The maximum Gasteiger partial charge on any atom is 0.196 e. The quantitative estimate of drug-likeness (QED) is 0.774. The zero-order valence-corrected chi connectivity index (χ0v) is 16.7. The number of aromatic hydroxyl groups is 1. The number of rotatable bonds is 3. The van der Waals surface area contributed by atoms with Crippen LogP contribution in [0, 0.1) is 5.92 Å². The molecule has 1 aliphatic heterocycles. The molecule has 0 spiro atoms. The normalized spacial score (nSPS) is 21.3. The van der Waals surface area contributed by atoms with Gasteiger partial charge < -0.3 is 19.4 Å². The predicted molar refractivity (Wildman–Crippen MR) is 108 cm³/mol. The molecule has 2 aromatic rings. The summed E-state index contributed by atoms with van der Waals surface area (Å²) in [6.07, 6.45) is 3.55. The first-order valence-corrected chi connectivity index (χ1v) is 9.69. The molecule has 2 N–H and O–H groups in total. The molecule has 5 nitrogen and oxygen atoms in total. The molecule has 0 saturated carbocycles. The molecule has 2 heterocycles. The molecular formula is C23H26O5. The maximum absolute atomic E-state index is 13.2. The van der Waals surface area contributed by atoms with Crippen molar-refractivity contribution < 1.29 is 19.4 Å². The SMILES string of the molecule is CC(C)=CCC1=C2OC(C(C)(C)O)CC2Cc2c1oc1ccc(O)cc1c2=O. The van der Waals surface area contributed by atoms with Gasteiger partial charge in [-0.25, -0.2) is 0 Å². The number of phenolic OH excluding ortho intramolecular Hbond substituents is 1. The molecular weight excluding hydrogens is 356 g/mol. The van der Waals surface area contributed by atoms with E-state index in [4.69, 9.17) is 9.15 Å². The van der Waals surface area contributed by atoms with Gasteiger partial charge in [-0.2, -0.15) is 0 Å². The van der Waals surface area contributed by atoms with Crippen molar-refractivity contribution in [1.82, 2.24) is 0 Å². The van der Waals surface area contributed by atoms with Crippen LogP contribution in [0.5, 0.6) is 5.75 Å². The molecule has 2 atom stereocenters. The second-order valence-corrected chi connectivity index (χ2v) is 8.64. The molecule has 1 aliphatic carbocycles. The zero-order valence-electron chi connectivity index (χ0n) is 16.7. The number of fused-ring (bicyclic) bond motifs is 3. The number of benzene rings is 1. The zero-order chi connectivity index (χ0) is 20.2. The third-order valence-corrected chi connectivity index (χ3v) is 5.63. The Morgan fingerprint density at radius 2 is 2.07 bits per heavy atom. The molecule has 4 rings (SSSR count). The molecule has 0 radical (unpaired) electrons.